The molecule has 0 aromatic carbocycles. The number of hydrogen-bond acceptors (Lipinski definition) is 7. The Morgan fingerprint density at radius 1 is 1.32 bits per heavy atom. The van der Waals surface area contributed by atoms with E-state index in [9.17, 15) is 0 Å². The van der Waals surface area contributed by atoms with E-state index in [0.717, 1.165) is 10.7 Å². The van der Waals surface area contributed by atoms with Gasteiger partial charge in [0.2, 0.25) is 11.7 Å². The molecule has 22 heavy (non-hydrogen) atoms. The van der Waals surface area contributed by atoms with Crippen LogP contribution in [-0.4, -0.2) is 34.7 Å². The predicted molar refractivity (Wildman–Crippen MR) is 79.1 cm³/mol. The first-order valence-electron chi connectivity index (χ1n) is 6.59. The van der Waals surface area contributed by atoms with Crippen molar-refractivity contribution in [2.75, 3.05) is 0 Å². The third-order valence-corrected chi connectivity index (χ3v) is 4.17. The Morgan fingerprint density at radius 3 is 3.14 bits per heavy atom. The van der Waals surface area contributed by atoms with Gasteiger partial charge in [0.15, 0.2) is 11.0 Å². The van der Waals surface area contributed by atoms with Crippen LogP contribution >= 0.6 is 11.8 Å². The summed E-state index contributed by atoms with van der Waals surface area (Å²) >= 11 is 1.55. The molecule has 0 aliphatic rings. The number of nitrogens with zero attached hydrogens (tertiary/aromatic N) is 6. The third-order valence-electron chi connectivity index (χ3n) is 3.10. The lowest BCUT2D eigenvalue weighted by molar-refractivity contribution is 0.380. The summed E-state index contributed by atoms with van der Waals surface area (Å²) in [7, 11) is 0. The fourth-order valence-corrected chi connectivity index (χ4v) is 2.93. The summed E-state index contributed by atoms with van der Waals surface area (Å²) in [5, 5.41) is 11.2. The van der Waals surface area contributed by atoms with Gasteiger partial charge in [-0.25, -0.2) is 9.97 Å². The molecular formula is C13H11N7OS. The molecule has 0 fully saturated rings. The van der Waals surface area contributed by atoms with E-state index in [1.807, 2.05) is 41.9 Å². The second-order valence-corrected chi connectivity index (χ2v) is 5.89. The fraction of sp³-hybridized carbons (Fsp3) is 0.154. The maximum Gasteiger partial charge on any atom is 0.240 e. The number of aromatic nitrogens is 7. The summed E-state index contributed by atoms with van der Waals surface area (Å²) in [6.07, 6.45) is 5.22. The number of nitrogens with one attached hydrogen (secondary N) is 1. The maximum absolute atomic E-state index is 5.30. The lowest BCUT2D eigenvalue weighted by Crippen LogP contribution is -1.93. The fourth-order valence-electron chi connectivity index (χ4n) is 2.02. The molecule has 4 aromatic rings. The van der Waals surface area contributed by atoms with Crippen LogP contribution in [0.15, 0.2) is 46.6 Å². The highest BCUT2D eigenvalue weighted by Gasteiger charge is 2.19. The van der Waals surface area contributed by atoms with Gasteiger partial charge < -0.3 is 4.52 Å². The molecular weight excluding hydrogens is 302 g/mol. The van der Waals surface area contributed by atoms with Crippen molar-refractivity contribution in [3.63, 3.8) is 0 Å². The zero-order valence-corrected chi connectivity index (χ0v) is 12.4. The summed E-state index contributed by atoms with van der Waals surface area (Å²) in [5.74, 6) is 1.40. The molecule has 0 aliphatic carbocycles. The largest absolute Gasteiger partial charge is 0.338 e. The Bertz CT molecular complexity index is 898. The van der Waals surface area contributed by atoms with Crippen LogP contribution in [0.2, 0.25) is 0 Å². The minimum atomic E-state index is -0.0324. The number of thioether (sulfide) groups is 1. The standard InChI is InChI=1S/C13H11N7OS/c1-8(12-17-11(19-21-12)10-15-7-16-18-10)22-13-14-6-9-4-2-3-5-20(9)13/h2-8H,1H3,(H,15,16,18)/t8-/m1/s1. The number of rotatable bonds is 4. The Labute approximate surface area is 129 Å². The molecule has 0 saturated carbocycles. The van der Waals surface area contributed by atoms with Crippen molar-refractivity contribution in [2.45, 2.75) is 17.3 Å². The van der Waals surface area contributed by atoms with Crippen molar-refractivity contribution >= 4 is 17.3 Å². The van der Waals surface area contributed by atoms with Crippen molar-refractivity contribution < 1.29 is 4.52 Å². The highest BCUT2D eigenvalue weighted by molar-refractivity contribution is 7.99. The lowest BCUT2D eigenvalue weighted by Gasteiger charge is -2.05. The van der Waals surface area contributed by atoms with Crippen molar-refractivity contribution in [1.82, 2.24) is 34.7 Å². The molecule has 0 spiro atoms. The second-order valence-electron chi connectivity index (χ2n) is 4.59. The number of pyridine rings is 1. The minimum Gasteiger partial charge on any atom is -0.338 e. The van der Waals surface area contributed by atoms with Crippen molar-refractivity contribution in [3.8, 4) is 11.6 Å². The Hall–Kier alpha value is -2.68. The molecule has 0 aliphatic heterocycles. The van der Waals surface area contributed by atoms with Crippen LogP contribution in [0.3, 0.4) is 0 Å². The number of imidazole rings is 1. The van der Waals surface area contributed by atoms with Gasteiger partial charge in [0.05, 0.1) is 17.0 Å². The first-order chi connectivity index (χ1) is 10.8. The van der Waals surface area contributed by atoms with E-state index in [-0.39, 0.29) is 5.25 Å². The minimum absolute atomic E-state index is 0.0324. The summed E-state index contributed by atoms with van der Waals surface area (Å²) in [4.78, 5) is 12.8. The van der Waals surface area contributed by atoms with Crippen LogP contribution in [-0.2, 0) is 0 Å². The highest BCUT2D eigenvalue weighted by Crippen LogP contribution is 2.33. The van der Waals surface area contributed by atoms with Gasteiger partial charge in [-0.2, -0.15) is 10.1 Å². The molecule has 110 valence electrons. The molecule has 8 nitrogen and oxygen atoms in total. The summed E-state index contributed by atoms with van der Waals surface area (Å²) < 4.78 is 7.33. The first-order valence-corrected chi connectivity index (χ1v) is 7.47. The Morgan fingerprint density at radius 2 is 2.27 bits per heavy atom. The first kappa shape index (κ1) is 13.0. The second kappa shape index (κ2) is 5.26. The summed E-state index contributed by atoms with van der Waals surface area (Å²) in [6, 6.07) is 5.96. The number of fused-ring (bicyclic) bond motifs is 1. The maximum atomic E-state index is 5.30. The third kappa shape index (κ3) is 2.25. The van der Waals surface area contributed by atoms with Gasteiger partial charge in [-0.1, -0.05) is 23.0 Å². The normalized spacial score (nSPS) is 12.8. The topological polar surface area (TPSA) is 97.8 Å². The van der Waals surface area contributed by atoms with E-state index >= 15 is 0 Å². The molecule has 0 radical (unpaired) electrons. The average molecular weight is 313 g/mol. The lowest BCUT2D eigenvalue weighted by atomic mass is 10.4. The monoisotopic (exact) mass is 313 g/mol. The van der Waals surface area contributed by atoms with Crippen molar-refractivity contribution in [3.05, 3.63) is 42.8 Å². The average Bonchev–Trinajstić information content (AvgIpc) is 3.28. The van der Waals surface area contributed by atoms with Crippen LogP contribution in [0.5, 0.6) is 0 Å². The number of hydrogen-bond donors (Lipinski definition) is 1. The van der Waals surface area contributed by atoms with Crippen molar-refractivity contribution in [1.29, 1.82) is 0 Å². The molecule has 9 heteroatoms. The number of aromatic amines is 1. The predicted octanol–water partition coefficient (Wildman–Crippen LogP) is 2.36. The van der Waals surface area contributed by atoms with E-state index in [1.54, 1.807) is 11.8 Å². The molecule has 1 atom stereocenters. The van der Waals surface area contributed by atoms with Gasteiger partial charge in [0.1, 0.15) is 6.33 Å². The van der Waals surface area contributed by atoms with E-state index < -0.39 is 0 Å². The van der Waals surface area contributed by atoms with Gasteiger partial charge in [-0.05, 0) is 19.1 Å². The van der Waals surface area contributed by atoms with Crippen LogP contribution < -0.4 is 0 Å². The number of H-pyrrole nitrogens is 1. The van der Waals surface area contributed by atoms with Crippen LogP contribution in [0.4, 0.5) is 0 Å². The molecule has 4 aromatic heterocycles. The summed E-state index contributed by atoms with van der Waals surface area (Å²) in [6.45, 7) is 1.99. The molecule has 0 saturated heterocycles. The van der Waals surface area contributed by atoms with Gasteiger partial charge in [0.25, 0.3) is 0 Å². The quantitative estimate of drug-likeness (QED) is 0.577. The molecule has 4 rings (SSSR count). The summed E-state index contributed by atoms with van der Waals surface area (Å²) in [5.41, 5.74) is 1.05. The van der Waals surface area contributed by atoms with Gasteiger partial charge in [0, 0.05) is 6.20 Å². The van der Waals surface area contributed by atoms with E-state index in [0.29, 0.717) is 17.5 Å². The van der Waals surface area contributed by atoms with Crippen molar-refractivity contribution in [2.24, 2.45) is 0 Å². The van der Waals surface area contributed by atoms with Gasteiger partial charge >= 0.3 is 0 Å². The molecule has 0 bridgehead atoms. The highest BCUT2D eigenvalue weighted by atomic mass is 32.2. The Balaban J connectivity index is 1.58. The zero-order valence-electron chi connectivity index (χ0n) is 11.5. The van der Waals surface area contributed by atoms with Crippen LogP contribution in [0.1, 0.15) is 18.1 Å². The van der Waals surface area contributed by atoms with Gasteiger partial charge in [-0.3, -0.25) is 9.50 Å². The van der Waals surface area contributed by atoms with Gasteiger partial charge in [-0.15, -0.1) is 0 Å². The van der Waals surface area contributed by atoms with Crippen LogP contribution in [0.25, 0.3) is 17.2 Å². The molecule has 1 N–H and O–H groups in total. The van der Waals surface area contributed by atoms with E-state index in [2.05, 4.69) is 30.3 Å². The van der Waals surface area contributed by atoms with Crippen LogP contribution in [0, 0.1) is 0 Å². The SMILES string of the molecule is C[C@@H](Sc1ncc2ccccn12)c1nc(-c2ncn[nH]2)no1. The molecule has 0 unspecified atom stereocenters. The van der Waals surface area contributed by atoms with E-state index in [1.165, 1.54) is 6.33 Å². The molecule has 4 heterocycles. The molecule has 0 amide bonds. The Kier molecular flexibility index (Phi) is 3.11. The smallest absolute Gasteiger partial charge is 0.240 e. The van der Waals surface area contributed by atoms with E-state index in [4.69, 9.17) is 4.52 Å². The zero-order chi connectivity index (χ0) is 14.9.